The van der Waals surface area contributed by atoms with Gasteiger partial charge in [-0.25, -0.2) is 4.39 Å². The second-order valence-corrected chi connectivity index (χ2v) is 4.92. The van der Waals surface area contributed by atoms with Gasteiger partial charge in [0, 0.05) is 24.4 Å². The van der Waals surface area contributed by atoms with Crippen LogP contribution in [0.15, 0.2) is 18.3 Å². The van der Waals surface area contributed by atoms with E-state index in [2.05, 4.69) is 4.98 Å². The van der Waals surface area contributed by atoms with Crippen LogP contribution in [-0.2, 0) is 6.42 Å². The molecule has 2 nitrogen and oxygen atoms in total. The quantitative estimate of drug-likeness (QED) is 0.853. The van der Waals surface area contributed by atoms with Crippen LogP contribution < -0.4 is 5.73 Å². The van der Waals surface area contributed by atoms with Gasteiger partial charge in [0.1, 0.15) is 5.67 Å². The van der Waals surface area contributed by atoms with E-state index in [4.69, 9.17) is 5.73 Å². The Morgan fingerprint density at radius 3 is 3.00 bits per heavy atom. The van der Waals surface area contributed by atoms with E-state index in [1.54, 1.807) is 6.20 Å². The number of hydrogen-bond donors (Lipinski definition) is 1. The van der Waals surface area contributed by atoms with Crippen LogP contribution in [-0.4, -0.2) is 17.2 Å². The molecule has 1 aliphatic rings. The van der Waals surface area contributed by atoms with E-state index in [0.29, 0.717) is 0 Å². The zero-order valence-electron chi connectivity index (χ0n) is 9.91. The van der Waals surface area contributed by atoms with Gasteiger partial charge < -0.3 is 5.73 Å². The fourth-order valence-electron chi connectivity index (χ4n) is 2.66. The number of alkyl halides is 1. The van der Waals surface area contributed by atoms with Crippen molar-refractivity contribution in [3.05, 3.63) is 29.6 Å². The van der Waals surface area contributed by atoms with Gasteiger partial charge in [-0.1, -0.05) is 19.9 Å². The van der Waals surface area contributed by atoms with Crippen LogP contribution in [0.1, 0.15) is 37.4 Å². The number of aromatic nitrogens is 1. The zero-order chi connectivity index (χ0) is 11.8. The summed E-state index contributed by atoms with van der Waals surface area (Å²) in [6.07, 6.45) is 3.50. The van der Waals surface area contributed by atoms with E-state index in [1.807, 2.05) is 26.0 Å². The lowest BCUT2D eigenvalue weighted by molar-refractivity contribution is 0.0739. The first-order valence-electron chi connectivity index (χ1n) is 5.92. The third kappa shape index (κ3) is 1.63. The highest BCUT2D eigenvalue weighted by atomic mass is 19.1. The second kappa shape index (κ2) is 4.13. The lowest BCUT2D eigenvalue weighted by Crippen LogP contribution is -2.43. The number of nitrogens with two attached hydrogens (primary N) is 1. The summed E-state index contributed by atoms with van der Waals surface area (Å²) >= 11 is 0. The van der Waals surface area contributed by atoms with Crippen LogP contribution in [0, 0.1) is 5.92 Å². The molecule has 2 N–H and O–H groups in total. The summed E-state index contributed by atoms with van der Waals surface area (Å²) in [7, 11) is 0. The van der Waals surface area contributed by atoms with Crippen molar-refractivity contribution < 1.29 is 4.39 Å². The van der Waals surface area contributed by atoms with Crippen LogP contribution in [0.3, 0.4) is 0 Å². The zero-order valence-corrected chi connectivity index (χ0v) is 9.91. The maximum Gasteiger partial charge on any atom is 0.133 e. The Balaban J connectivity index is 2.37. The normalized spacial score (nSPS) is 23.2. The Labute approximate surface area is 96.1 Å². The van der Waals surface area contributed by atoms with Gasteiger partial charge in [0.25, 0.3) is 0 Å². The number of hydrogen-bond acceptors (Lipinski definition) is 2. The van der Waals surface area contributed by atoms with E-state index >= 15 is 0 Å². The van der Waals surface area contributed by atoms with Gasteiger partial charge in [-0.2, -0.15) is 0 Å². The molecule has 2 rings (SSSR count). The minimum Gasteiger partial charge on any atom is -0.327 e. The molecule has 1 aromatic heterocycles. The largest absolute Gasteiger partial charge is 0.327 e. The van der Waals surface area contributed by atoms with Gasteiger partial charge in [-0.3, -0.25) is 4.98 Å². The number of pyridine rings is 1. The molecule has 16 heavy (non-hydrogen) atoms. The van der Waals surface area contributed by atoms with Crippen LogP contribution in [0.4, 0.5) is 4.39 Å². The molecule has 0 radical (unpaired) electrons. The van der Waals surface area contributed by atoms with Gasteiger partial charge in [0.2, 0.25) is 0 Å². The Bertz CT molecular complexity index is 378. The van der Waals surface area contributed by atoms with Crippen molar-refractivity contribution in [2.75, 3.05) is 6.54 Å². The number of rotatable bonds is 3. The fourth-order valence-corrected chi connectivity index (χ4v) is 2.66. The molecule has 0 bridgehead atoms. The van der Waals surface area contributed by atoms with Crippen LogP contribution in [0.2, 0.25) is 0 Å². The van der Waals surface area contributed by atoms with Gasteiger partial charge in [-0.05, 0) is 30.4 Å². The number of nitrogens with zero attached hydrogens (tertiary/aromatic N) is 1. The summed E-state index contributed by atoms with van der Waals surface area (Å²) < 4.78 is 14.9. The molecule has 0 saturated carbocycles. The molecule has 1 aliphatic carbocycles. The van der Waals surface area contributed by atoms with E-state index in [-0.39, 0.29) is 18.4 Å². The molecule has 0 aromatic carbocycles. The topological polar surface area (TPSA) is 38.9 Å². The maximum atomic E-state index is 14.9. The molecule has 3 heteroatoms. The van der Waals surface area contributed by atoms with Crippen molar-refractivity contribution in [3.63, 3.8) is 0 Å². The van der Waals surface area contributed by atoms with Crippen molar-refractivity contribution >= 4 is 0 Å². The summed E-state index contributed by atoms with van der Waals surface area (Å²) in [6.45, 7) is 3.87. The lowest BCUT2D eigenvalue weighted by Gasteiger charge is -2.33. The van der Waals surface area contributed by atoms with Crippen molar-refractivity contribution in [2.24, 2.45) is 11.7 Å². The predicted molar refractivity (Wildman–Crippen MR) is 63.0 cm³/mol. The SMILES string of the molecule is CC(C)C(F)(CN)C1CCc2cccnc21. The summed E-state index contributed by atoms with van der Waals surface area (Å²) in [5, 5.41) is 0. The Morgan fingerprint density at radius 2 is 2.38 bits per heavy atom. The van der Waals surface area contributed by atoms with Gasteiger partial charge in [0.15, 0.2) is 0 Å². The first kappa shape index (κ1) is 11.5. The first-order chi connectivity index (χ1) is 7.59. The van der Waals surface area contributed by atoms with E-state index < -0.39 is 5.67 Å². The average molecular weight is 222 g/mol. The summed E-state index contributed by atoms with van der Waals surface area (Å²) in [5.74, 6) is -0.204. The van der Waals surface area contributed by atoms with Gasteiger partial charge in [-0.15, -0.1) is 0 Å². The van der Waals surface area contributed by atoms with Gasteiger partial charge >= 0.3 is 0 Å². The predicted octanol–water partition coefficient (Wildman–Crippen LogP) is 2.43. The van der Waals surface area contributed by atoms with Crippen molar-refractivity contribution in [2.45, 2.75) is 38.3 Å². The third-order valence-electron chi connectivity index (χ3n) is 3.81. The molecule has 0 aliphatic heterocycles. The van der Waals surface area contributed by atoms with Crippen LogP contribution >= 0.6 is 0 Å². The second-order valence-electron chi connectivity index (χ2n) is 4.92. The highest BCUT2D eigenvalue weighted by Gasteiger charge is 2.45. The molecule has 0 spiro atoms. The molecule has 88 valence electrons. The lowest BCUT2D eigenvalue weighted by atomic mass is 9.78. The minimum atomic E-state index is -1.32. The molecule has 1 heterocycles. The minimum absolute atomic E-state index is 0.0737. The van der Waals surface area contributed by atoms with Gasteiger partial charge in [0.05, 0.1) is 0 Å². The summed E-state index contributed by atoms with van der Waals surface area (Å²) in [4.78, 5) is 4.34. The highest BCUT2D eigenvalue weighted by Crippen LogP contribution is 2.44. The Kier molecular flexibility index (Phi) is 2.98. The number of aryl methyl sites for hydroxylation is 1. The molecule has 2 atom stereocenters. The smallest absolute Gasteiger partial charge is 0.133 e. The van der Waals surface area contributed by atoms with Crippen LogP contribution in [0.25, 0.3) is 0 Å². The fraction of sp³-hybridized carbons (Fsp3) is 0.615. The average Bonchev–Trinajstić information content (AvgIpc) is 2.72. The first-order valence-corrected chi connectivity index (χ1v) is 5.92. The summed E-state index contributed by atoms with van der Waals surface area (Å²) in [5.41, 5.74) is 6.43. The summed E-state index contributed by atoms with van der Waals surface area (Å²) in [6, 6.07) is 3.96. The molecule has 2 unspecified atom stereocenters. The van der Waals surface area contributed by atoms with Crippen molar-refractivity contribution in [3.8, 4) is 0 Å². The van der Waals surface area contributed by atoms with Crippen LogP contribution in [0.5, 0.6) is 0 Å². The van der Waals surface area contributed by atoms with Crippen molar-refractivity contribution in [1.82, 2.24) is 4.98 Å². The maximum absolute atomic E-state index is 14.9. The molecule has 1 aromatic rings. The third-order valence-corrected chi connectivity index (χ3v) is 3.81. The van der Waals surface area contributed by atoms with E-state index in [9.17, 15) is 4.39 Å². The van der Waals surface area contributed by atoms with E-state index in [1.165, 1.54) is 5.56 Å². The Hall–Kier alpha value is -0.960. The number of fused-ring (bicyclic) bond motifs is 1. The van der Waals surface area contributed by atoms with Crippen molar-refractivity contribution in [1.29, 1.82) is 0 Å². The monoisotopic (exact) mass is 222 g/mol. The molecular formula is C13H19FN2. The number of halogens is 1. The molecular weight excluding hydrogens is 203 g/mol. The molecule has 0 amide bonds. The highest BCUT2D eigenvalue weighted by molar-refractivity contribution is 5.31. The standard InChI is InChI=1S/C13H19FN2/c1-9(2)13(14,8-15)11-6-5-10-4-3-7-16-12(10)11/h3-4,7,9,11H,5-6,8,15H2,1-2H3. The molecule has 0 saturated heterocycles. The van der Waals surface area contributed by atoms with E-state index in [0.717, 1.165) is 18.5 Å². The Morgan fingerprint density at radius 1 is 1.62 bits per heavy atom. The molecule has 0 fully saturated rings.